The largest absolute Gasteiger partial charge is 0.307 e. The Kier molecular flexibility index (Phi) is 4.85. The van der Waals surface area contributed by atoms with Crippen LogP contribution in [0.3, 0.4) is 0 Å². The number of benzene rings is 2. The van der Waals surface area contributed by atoms with Gasteiger partial charge >= 0.3 is 0 Å². The summed E-state index contributed by atoms with van der Waals surface area (Å²) in [5, 5.41) is 3.72. The summed E-state index contributed by atoms with van der Waals surface area (Å²) in [4.78, 5) is 22.0. The number of carbonyl (C=O) groups is 1. The molecule has 4 heteroatoms. The predicted octanol–water partition coefficient (Wildman–Crippen LogP) is 5.42. The van der Waals surface area contributed by atoms with Crippen LogP contribution in [0.2, 0.25) is 0 Å². The highest BCUT2D eigenvalue weighted by molar-refractivity contribution is 6.12. The molecule has 0 bridgehead atoms. The van der Waals surface area contributed by atoms with Crippen molar-refractivity contribution < 1.29 is 4.79 Å². The minimum absolute atomic E-state index is 0.192. The highest BCUT2D eigenvalue weighted by atomic mass is 16.1. The summed E-state index contributed by atoms with van der Waals surface area (Å²) in [6.45, 7) is 4.14. The van der Waals surface area contributed by atoms with Gasteiger partial charge in [0.2, 0.25) is 0 Å². The van der Waals surface area contributed by atoms with Gasteiger partial charge in [-0.1, -0.05) is 48.9 Å². The first-order chi connectivity index (χ1) is 13.6. The van der Waals surface area contributed by atoms with Gasteiger partial charge in [0.15, 0.2) is 0 Å². The molecular formula is C24H21N3O. The summed E-state index contributed by atoms with van der Waals surface area (Å²) >= 11 is 0. The van der Waals surface area contributed by atoms with E-state index >= 15 is 0 Å². The summed E-state index contributed by atoms with van der Waals surface area (Å²) in [6, 6.07) is 21.6. The average molecular weight is 367 g/mol. The van der Waals surface area contributed by atoms with Crippen molar-refractivity contribution in [2.45, 2.75) is 20.3 Å². The number of anilines is 1. The van der Waals surface area contributed by atoms with Gasteiger partial charge in [0, 0.05) is 17.1 Å². The van der Waals surface area contributed by atoms with Crippen molar-refractivity contribution in [3.63, 3.8) is 0 Å². The molecule has 0 aliphatic heterocycles. The molecule has 1 N–H and O–H groups in total. The van der Waals surface area contributed by atoms with Crippen molar-refractivity contribution in [2.75, 3.05) is 5.32 Å². The molecule has 0 unspecified atom stereocenters. The number of nitrogens with zero attached hydrogens (tertiary/aromatic N) is 2. The number of hydrogen-bond donors (Lipinski definition) is 1. The Morgan fingerprint density at radius 3 is 2.54 bits per heavy atom. The van der Waals surface area contributed by atoms with E-state index in [1.165, 1.54) is 5.56 Å². The summed E-state index contributed by atoms with van der Waals surface area (Å²) in [5.74, 6) is 0.335. The molecule has 0 saturated carbocycles. The third-order valence-electron chi connectivity index (χ3n) is 4.77. The van der Waals surface area contributed by atoms with E-state index < -0.39 is 0 Å². The molecule has 0 radical (unpaired) electrons. The van der Waals surface area contributed by atoms with Crippen LogP contribution in [0, 0.1) is 6.92 Å². The Labute approximate surface area is 164 Å². The van der Waals surface area contributed by atoms with Crippen LogP contribution in [0.25, 0.3) is 22.2 Å². The van der Waals surface area contributed by atoms with Crippen LogP contribution in [-0.4, -0.2) is 15.9 Å². The lowest BCUT2D eigenvalue weighted by Gasteiger charge is -2.11. The minimum atomic E-state index is -0.192. The lowest BCUT2D eigenvalue weighted by atomic mass is 10.0. The maximum absolute atomic E-state index is 13.0. The van der Waals surface area contributed by atoms with Crippen LogP contribution >= 0.6 is 0 Å². The van der Waals surface area contributed by atoms with Gasteiger partial charge in [-0.3, -0.25) is 4.79 Å². The molecule has 4 nitrogen and oxygen atoms in total. The number of fused-ring (bicyclic) bond motifs is 1. The number of aryl methyl sites for hydroxylation is 2. The van der Waals surface area contributed by atoms with Gasteiger partial charge in [0.05, 0.1) is 16.8 Å². The zero-order valence-electron chi connectivity index (χ0n) is 15.9. The molecule has 2 heterocycles. The molecule has 2 aromatic carbocycles. The highest BCUT2D eigenvalue weighted by Gasteiger charge is 2.15. The summed E-state index contributed by atoms with van der Waals surface area (Å²) < 4.78 is 0. The van der Waals surface area contributed by atoms with Gasteiger partial charge in [-0.05, 0) is 49.2 Å². The number of hydrogen-bond acceptors (Lipinski definition) is 3. The lowest BCUT2D eigenvalue weighted by molar-refractivity contribution is 0.102. The third kappa shape index (κ3) is 3.62. The van der Waals surface area contributed by atoms with Crippen LogP contribution in [-0.2, 0) is 6.42 Å². The third-order valence-corrected chi connectivity index (χ3v) is 4.77. The van der Waals surface area contributed by atoms with E-state index in [2.05, 4.69) is 41.5 Å². The Hall–Kier alpha value is -3.53. The number of pyridine rings is 2. The Balaban J connectivity index is 1.82. The maximum atomic E-state index is 13.0. The van der Waals surface area contributed by atoms with E-state index in [0.29, 0.717) is 11.4 Å². The first kappa shape index (κ1) is 17.9. The number of aromatic nitrogens is 2. The van der Waals surface area contributed by atoms with Crippen molar-refractivity contribution in [1.29, 1.82) is 0 Å². The normalized spacial score (nSPS) is 10.8. The first-order valence-corrected chi connectivity index (χ1v) is 9.37. The number of carbonyl (C=O) groups excluding carboxylic acids is 1. The van der Waals surface area contributed by atoms with Gasteiger partial charge in [0.25, 0.3) is 5.91 Å². The fraction of sp³-hybridized carbons (Fsp3) is 0.125. The summed E-state index contributed by atoms with van der Waals surface area (Å²) in [6.07, 6.45) is 2.65. The number of nitrogens with one attached hydrogen (secondary N) is 1. The predicted molar refractivity (Wildman–Crippen MR) is 113 cm³/mol. The van der Waals surface area contributed by atoms with E-state index in [1.807, 2.05) is 43.3 Å². The van der Waals surface area contributed by atoms with Gasteiger partial charge < -0.3 is 5.32 Å². The molecule has 0 fully saturated rings. The first-order valence-electron chi connectivity index (χ1n) is 9.37. The highest BCUT2D eigenvalue weighted by Crippen LogP contribution is 2.26. The topological polar surface area (TPSA) is 54.9 Å². The van der Waals surface area contributed by atoms with Gasteiger partial charge in [-0.2, -0.15) is 0 Å². The number of amides is 1. The second-order valence-electron chi connectivity index (χ2n) is 6.80. The fourth-order valence-corrected chi connectivity index (χ4v) is 3.21. The second-order valence-corrected chi connectivity index (χ2v) is 6.80. The van der Waals surface area contributed by atoms with Gasteiger partial charge in [0.1, 0.15) is 5.82 Å². The molecule has 0 aliphatic carbocycles. The second kappa shape index (κ2) is 7.61. The number of rotatable bonds is 4. The maximum Gasteiger partial charge on any atom is 0.257 e. The zero-order valence-corrected chi connectivity index (χ0v) is 15.9. The van der Waals surface area contributed by atoms with E-state index in [0.717, 1.165) is 34.1 Å². The fourth-order valence-electron chi connectivity index (χ4n) is 3.21. The van der Waals surface area contributed by atoms with E-state index in [9.17, 15) is 4.79 Å². The molecule has 4 rings (SSSR count). The van der Waals surface area contributed by atoms with Crippen molar-refractivity contribution >= 4 is 22.6 Å². The molecule has 138 valence electrons. The molecule has 0 aliphatic rings. The Bertz CT molecular complexity index is 1140. The van der Waals surface area contributed by atoms with Gasteiger partial charge in [-0.15, -0.1) is 0 Å². The lowest BCUT2D eigenvalue weighted by Crippen LogP contribution is -2.14. The van der Waals surface area contributed by atoms with Crippen LogP contribution < -0.4 is 5.32 Å². The zero-order chi connectivity index (χ0) is 19.5. The molecule has 0 saturated heterocycles. The molecular weight excluding hydrogens is 346 g/mol. The monoisotopic (exact) mass is 367 g/mol. The molecule has 2 aromatic heterocycles. The van der Waals surface area contributed by atoms with Crippen molar-refractivity contribution in [3.8, 4) is 11.3 Å². The van der Waals surface area contributed by atoms with Crippen LogP contribution in [0.4, 0.5) is 5.82 Å². The van der Waals surface area contributed by atoms with Crippen LogP contribution in [0.1, 0.15) is 28.4 Å². The van der Waals surface area contributed by atoms with Crippen LogP contribution in [0.5, 0.6) is 0 Å². The molecule has 1 amide bonds. The van der Waals surface area contributed by atoms with Gasteiger partial charge in [-0.25, -0.2) is 9.97 Å². The van der Waals surface area contributed by atoms with Crippen molar-refractivity contribution in [2.24, 2.45) is 0 Å². The molecule has 0 atom stereocenters. The Morgan fingerprint density at radius 2 is 1.82 bits per heavy atom. The average Bonchev–Trinajstić information content (AvgIpc) is 2.73. The smallest absolute Gasteiger partial charge is 0.257 e. The summed E-state index contributed by atoms with van der Waals surface area (Å²) in [5.41, 5.74) is 5.52. The standard InChI is InChI=1S/C24H21N3O/c1-3-17-8-10-18(11-9-17)22-15-20(19-14-16(2)7-12-21(19)26-22)24(28)27-23-6-4-5-13-25-23/h4-15H,3H2,1-2H3,(H,25,27,28). The molecule has 4 aromatic rings. The molecule has 28 heavy (non-hydrogen) atoms. The van der Waals surface area contributed by atoms with Crippen molar-refractivity contribution in [3.05, 3.63) is 89.6 Å². The SMILES string of the molecule is CCc1ccc(-c2cc(C(=O)Nc3ccccn3)c3cc(C)ccc3n2)cc1. The molecule has 0 spiro atoms. The summed E-state index contributed by atoms with van der Waals surface area (Å²) in [7, 11) is 0. The van der Waals surface area contributed by atoms with E-state index in [-0.39, 0.29) is 5.91 Å². The Morgan fingerprint density at radius 1 is 1.00 bits per heavy atom. The quantitative estimate of drug-likeness (QED) is 0.524. The minimum Gasteiger partial charge on any atom is -0.307 e. The van der Waals surface area contributed by atoms with Crippen LogP contribution in [0.15, 0.2) is 72.9 Å². The van der Waals surface area contributed by atoms with E-state index in [4.69, 9.17) is 4.98 Å². The van der Waals surface area contributed by atoms with E-state index in [1.54, 1.807) is 12.3 Å². The van der Waals surface area contributed by atoms with Crippen molar-refractivity contribution in [1.82, 2.24) is 9.97 Å².